The quantitative estimate of drug-likeness (QED) is 0.474. The predicted molar refractivity (Wildman–Crippen MR) is 71.1 cm³/mol. The highest BCUT2D eigenvalue weighted by atomic mass is 16.7. The normalized spacial score (nSPS) is 30.1. The van der Waals surface area contributed by atoms with Crippen LogP contribution in [0.5, 0.6) is 5.75 Å². The third kappa shape index (κ3) is 1.62. The van der Waals surface area contributed by atoms with Gasteiger partial charge in [0.05, 0.1) is 7.11 Å². The van der Waals surface area contributed by atoms with Gasteiger partial charge in [0.2, 0.25) is 0 Å². The summed E-state index contributed by atoms with van der Waals surface area (Å²) in [6.45, 7) is 1.71. The molecule has 4 rings (SSSR count). The highest BCUT2D eigenvalue weighted by Crippen LogP contribution is 2.54. The van der Waals surface area contributed by atoms with Gasteiger partial charge in [0.15, 0.2) is 11.7 Å². The van der Waals surface area contributed by atoms with Crippen molar-refractivity contribution < 1.29 is 23.4 Å². The van der Waals surface area contributed by atoms with E-state index in [1.54, 1.807) is 25.1 Å². The molecule has 21 heavy (non-hydrogen) atoms. The number of fused-ring (bicyclic) bond motifs is 2. The molecular formula is C15H12O6. The fourth-order valence-electron chi connectivity index (χ4n) is 2.78. The Bertz CT molecular complexity index is 823. The summed E-state index contributed by atoms with van der Waals surface area (Å²) in [6.07, 6.45) is -0.805. The van der Waals surface area contributed by atoms with Crippen molar-refractivity contribution in [1.82, 2.24) is 0 Å². The third-order valence-corrected chi connectivity index (χ3v) is 4.05. The number of rotatable bonds is 2. The number of ether oxygens (including phenoxy) is 3. The molecule has 6 heteroatoms. The first-order chi connectivity index (χ1) is 10.0. The fraction of sp³-hybridized carbons (Fsp3) is 0.333. The van der Waals surface area contributed by atoms with Crippen molar-refractivity contribution in [3.05, 3.63) is 40.2 Å². The molecule has 0 saturated carbocycles. The fourth-order valence-corrected chi connectivity index (χ4v) is 2.78. The van der Waals surface area contributed by atoms with Crippen molar-refractivity contribution in [1.29, 1.82) is 0 Å². The van der Waals surface area contributed by atoms with Crippen molar-refractivity contribution in [3.8, 4) is 5.75 Å². The third-order valence-electron chi connectivity index (χ3n) is 4.05. The maximum Gasteiger partial charge on any atom is 0.341 e. The SMILES string of the molecule is COc1cc2oc(=O)ccc2cc1[C@@H]1OC(=O)C2(C)O[C@@H]12. The molecule has 2 fully saturated rings. The van der Waals surface area contributed by atoms with Gasteiger partial charge in [0, 0.05) is 23.1 Å². The second-order valence-corrected chi connectivity index (χ2v) is 5.36. The Hall–Kier alpha value is -2.34. The first-order valence-electron chi connectivity index (χ1n) is 6.53. The Morgan fingerprint density at radius 2 is 2.05 bits per heavy atom. The van der Waals surface area contributed by atoms with Crippen molar-refractivity contribution in [3.63, 3.8) is 0 Å². The molecule has 2 saturated heterocycles. The summed E-state index contributed by atoms with van der Waals surface area (Å²) in [6, 6.07) is 6.42. The van der Waals surface area contributed by atoms with Crippen LogP contribution >= 0.6 is 0 Å². The number of carbonyl (C=O) groups excluding carboxylic acids is 1. The van der Waals surface area contributed by atoms with Crippen LogP contribution in [0.1, 0.15) is 18.6 Å². The van der Waals surface area contributed by atoms with Crippen LogP contribution in [0.15, 0.2) is 33.5 Å². The number of carbonyl (C=O) groups is 1. The zero-order chi connectivity index (χ0) is 14.8. The molecular weight excluding hydrogens is 276 g/mol. The van der Waals surface area contributed by atoms with E-state index < -0.39 is 17.3 Å². The number of benzene rings is 1. The van der Waals surface area contributed by atoms with Gasteiger partial charge in [0.25, 0.3) is 0 Å². The zero-order valence-corrected chi connectivity index (χ0v) is 11.4. The van der Waals surface area contributed by atoms with Crippen LogP contribution in [0.25, 0.3) is 11.0 Å². The molecule has 2 aromatic rings. The molecule has 108 valence electrons. The lowest BCUT2D eigenvalue weighted by Gasteiger charge is -2.16. The summed E-state index contributed by atoms with van der Waals surface area (Å²) < 4.78 is 21.3. The largest absolute Gasteiger partial charge is 0.496 e. The Labute approximate surface area is 119 Å². The second kappa shape index (κ2) is 3.85. The molecule has 1 unspecified atom stereocenters. The van der Waals surface area contributed by atoms with Gasteiger partial charge in [-0.05, 0) is 19.1 Å². The van der Waals surface area contributed by atoms with Gasteiger partial charge in [-0.1, -0.05) is 0 Å². The van der Waals surface area contributed by atoms with Crippen molar-refractivity contribution in [2.24, 2.45) is 0 Å². The van der Waals surface area contributed by atoms with E-state index in [0.717, 1.165) is 5.39 Å². The Kier molecular flexibility index (Phi) is 2.28. The van der Waals surface area contributed by atoms with Crippen molar-refractivity contribution in [2.45, 2.75) is 24.7 Å². The lowest BCUT2D eigenvalue weighted by molar-refractivity contribution is -0.153. The van der Waals surface area contributed by atoms with E-state index in [4.69, 9.17) is 18.6 Å². The monoisotopic (exact) mass is 288 g/mol. The van der Waals surface area contributed by atoms with Crippen LogP contribution in [0.4, 0.5) is 0 Å². The predicted octanol–water partition coefficient (Wildman–Crippen LogP) is 1.56. The average Bonchev–Trinajstić information content (AvgIpc) is 3.09. The van der Waals surface area contributed by atoms with Crippen molar-refractivity contribution in [2.75, 3.05) is 7.11 Å². The molecule has 0 radical (unpaired) electrons. The highest BCUT2D eigenvalue weighted by Gasteiger charge is 2.70. The van der Waals surface area contributed by atoms with Gasteiger partial charge in [-0.2, -0.15) is 0 Å². The van der Waals surface area contributed by atoms with Crippen LogP contribution in [0, 0.1) is 0 Å². The van der Waals surface area contributed by atoms with E-state index in [-0.39, 0.29) is 12.1 Å². The van der Waals surface area contributed by atoms with Gasteiger partial charge in [0.1, 0.15) is 17.4 Å². The molecule has 3 atom stereocenters. The topological polar surface area (TPSA) is 78.3 Å². The minimum Gasteiger partial charge on any atom is -0.496 e. The molecule has 0 spiro atoms. The molecule has 0 aliphatic carbocycles. The summed E-state index contributed by atoms with van der Waals surface area (Å²) in [5.74, 6) is 0.133. The van der Waals surface area contributed by atoms with Crippen LogP contribution in [-0.2, 0) is 14.3 Å². The molecule has 0 amide bonds. The van der Waals surface area contributed by atoms with Crippen LogP contribution in [0.2, 0.25) is 0 Å². The molecule has 1 aromatic heterocycles. The number of esters is 1. The molecule has 0 N–H and O–H groups in total. The lowest BCUT2D eigenvalue weighted by atomic mass is 9.99. The summed E-state index contributed by atoms with van der Waals surface area (Å²) in [5, 5.41) is 0.732. The average molecular weight is 288 g/mol. The van der Waals surface area contributed by atoms with E-state index in [0.29, 0.717) is 16.9 Å². The van der Waals surface area contributed by atoms with E-state index in [1.165, 1.54) is 13.2 Å². The Balaban J connectivity index is 1.87. The maximum absolute atomic E-state index is 11.8. The summed E-state index contributed by atoms with van der Waals surface area (Å²) in [4.78, 5) is 23.1. The van der Waals surface area contributed by atoms with E-state index >= 15 is 0 Å². The minimum absolute atomic E-state index is 0.299. The second-order valence-electron chi connectivity index (χ2n) is 5.36. The first kappa shape index (κ1) is 12.4. The number of epoxide rings is 1. The van der Waals surface area contributed by atoms with Gasteiger partial charge in [-0.15, -0.1) is 0 Å². The molecule has 2 aliphatic heterocycles. The maximum atomic E-state index is 11.8. The van der Waals surface area contributed by atoms with Gasteiger partial charge in [-0.25, -0.2) is 9.59 Å². The highest BCUT2D eigenvalue weighted by molar-refractivity contribution is 5.87. The van der Waals surface area contributed by atoms with E-state index in [1.807, 2.05) is 0 Å². The molecule has 3 heterocycles. The molecule has 1 aromatic carbocycles. The van der Waals surface area contributed by atoms with Crippen LogP contribution in [0.3, 0.4) is 0 Å². The number of hydrogen-bond donors (Lipinski definition) is 0. The van der Waals surface area contributed by atoms with Crippen LogP contribution in [-0.4, -0.2) is 24.8 Å². The molecule has 0 bridgehead atoms. The Morgan fingerprint density at radius 1 is 1.24 bits per heavy atom. The van der Waals surface area contributed by atoms with Gasteiger partial charge >= 0.3 is 11.6 Å². The van der Waals surface area contributed by atoms with Gasteiger partial charge in [-0.3, -0.25) is 0 Å². The molecule has 6 nitrogen and oxygen atoms in total. The standard InChI is InChI=1S/C15H12O6/c1-15-13(21-15)12(20-14(15)17)8-5-7-3-4-11(16)19-9(7)6-10(8)18-2/h3-6,12-13H,1-2H3/t12-,13-,15?/m0/s1. The number of cyclic esters (lactones) is 1. The summed E-state index contributed by atoms with van der Waals surface area (Å²) in [5.41, 5.74) is -0.138. The number of hydrogen-bond acceptors (Lipinski definition) is 6. The first-order valence-corrected chi connectivity index (χ1v) is 6.53. The summed E-state index contributed by atoms with van der Waals surface area (Å²) >= 11 is 0. The van der Waals surface area contributed by atoms with E-state index in [2.05, 4.69) is 0 Å². The minimum atomic E-state index is -0.839. The summed E-state index contributed by atoms with van der Waals surface area (Å²) in [7, 11) is 1.51. The lowest BCUT2D eigenvalue weighted by Crippen LogP contribution is -2.17. The zero-order valence-electron chi connectivity index (χ0n) is 11.4. The van der Waals surface area contributed by atoms with Crippen molar-refractivity contribution >= 4 is 16.9 Å². The van der Waals surface area contributed by atoms with E-state index in [9.17, 15) is 9.59 Å². The van der Waals surface area contributed by atoms with Crippen LogP contribution < -0.4 is 10.4 Å². The number of methoxy groups -OCH3 is 1. The smallest absolute Gasteiger partial charge is 0.341 e. The molecule has 2 aliphatic rings. The Morgan fingerprint density at radius 3 is 2.67 bits per heavy atom. The van der Waals surface area contributed by atoms with Gasteiger partial charge < -0.3 is 18.6 Å².